The Kier molecular flexibility index (Phi) is 6.64. The van der Waals surface area contributed by atoms with Crippen molar-refractivity contribution in [2.45, 2.75) is 31.5 Å². The van der Waals surface area contributed by atoms with Gasteiger partial charge in [0.1, 0.15) is 5.76 Å². The highest BCUT2D eigenvalue weighted by Gasteiger charge is 2.22. The summed E-state index contributed by atoms with van der Waals surface area (Å²) in [5.74, 6) is 0.808. The summed E-state index contributed by atoms with van der Waals surface area (Å²) in [6, 6.07) is 8.20. The molecular formula is C23H25N3O5S. The standard InChI is InChI=1S/C23H25N3O5S/c1-15-5-3-9-25(12-15)20(27)14-32-23-24-19-11-16(22(29)30-2)7-8-18(19)21(28)26(23)13-17-6-4-10-31-17/h4,6-8,10-11,15H,3,5,9,12-14H2,1-2H3. The van der Waals surface area contributed by atoms with Crippen molar-refractivity contribution in [1.82, 2.24) is 14.5 Å². The Labute approximate surface area is 189 Å². The first-order chi connectivity index (χ1) is 15.5. The zero-order valence-electron chi connectivity index (χ0n) is 18.1. The van der Waals surface area contributed by atoms with Crippen LogP contribution in [0.25, 0.3) is 10.9 Å². The van der Waals surface area contributed by atoms with Gasteiger partial charge in [0, 0.05) is 13.1 Å². The average Bonchev–Trinajstić information content (AvgIpc) is 3.32. The first-order valence-corrected chi connectivity index (χ1v) is 11.5. The van der Waals surface area contributed by atoms with Crippen LogP contribution in [0.15, 0.2) is 51.0 Å². The third-order valence-corrected chi connectivity index (χ3v) is 6.53. The highest BCUT2D eigenvalue weighted by Crippen LogP contribution is 2.22. The van der Waals surface area contributed by atoms with Gasteiger partial charge in [0.05, 0.1) is 42.1 Å². The minimum atomic E-state index is -0.503. The van der Waals surface area contributed by atoms with E-state index in [9.17, 15) is 14.4 Å². The molecule has 0 spiro atoms. The van der Waals surface area contributed by atoms with E-state index in [4.69, 9.17) is 9.15 Å². The Balaban J connectivity index is 1.67. The summed E-state index contributed by atoms with van der Waals surface area (Å²) < 4.78 is 11.7. The predicted octanol–water partition coefficient (Wildman–Crippen LogP) is 3.18. The number of nitrogens with zero attached hydrogens (tertiary/aromatic N) is 3. The minimum Gasteiger partial charge on any atom is -0.467 e. The molecule has 1 aromatic carbocycles. The molecule has 0 saturated carbocycles. The lowest BCUT2D eigenvalue weighted by Crippen LogP contribution is -2.40. The van der Waals surface area contributed by atoms with E-state index in [2.05, 4.69) is 11.9 Å². The number of thioether (sulfide) groups is 1. The lowest BCUT2D eigenvalue weighted by Gasteiger charge is -2.30. The Morgan fingerprint density at radius 3 is 2.88 bits per heavy atom. The van der Waals surface area contributed by atoms with Crippen molar-refractivity contribution in [3.8, 4) is 0 Å². The first-order valence-electron chi connectivity index (χ1n) is 10.5. The van der Waals surface area contributed by atoms with Crippen LogP contribution in [0, 0.1) is 5.92 Å². The second-order valence-corrected chi connectivity index (χ2v) is 8.91. The van der Waals surface area contributed by atoms with E-state index in [1.807, 2.05) is 4.90 Å². The number of benzene rings is 1. The zero-order valence-corrected chi connectivity index (χ0v) is 18.9. The summed E-state index contributed by atoms with van der Waals surface area (Å²) in [5.41, 5.74) is 0.435. The topological polar surface area (TPSA) is 94.6 Å². The smallest absolute Gasteiger partial charge is 0.337 e. The van der Waals surface area contributed by atoms with Crippen molar-refractivity contribution in [2.24, 2.45) is 5.92 Å². The van der Waals surface area contributed by atoms with Gasteiger partial charge < -0.3 is 14.1 Å². The molecule has 0 radical (unpaired) electrons. The van der Waals surface area contributed by atoms with Crippen molar-refractivity contribution < 1.29 is 18.7 Å². The Morgan fingerprint density at radius 2 is 2.16 bits per heavy atom. The lowest BCUT2D eigenvalue weighted by atomic mass is 10.0. The number of hydrogen-bond acceptors (Lipinski definition) is 7. The number of likely N-dealkylation sites (tertiary alicyclic amines) is 1. The molecule has 1 atom stereocenters. The van der Waals surface area contributed by atoms with Crippen LogP contribution in [0.1, 0.15) is 35.9 Å². The van der Waals surface area contributed by atoms with Gasteiger partial charge in [-0.05, 0) is 49.1 Å². The summed E-state index contributed by atoms with van der Waals surface area (Å²) >= 11 is 1.22. The fourth-order valence-corrected chi connectivity index (χ4v) is 4.79. The molecule has 32 heavy (non-hydrogen) atoms. The van der Waals surface area contributed by atoms with Crippen molar-refractivity contribution in [3.05, 3.63) is 58.3 Å². The summed E-state index contributed by atoms with van der Waals surface area (Å²) in [7, 11) is 1.30. The molecular weight excluding hydrogens is 430 g/mol. The number of piperidine rings is 1. The number of amides is 1. The molecule has 0 aliphatic carbocycles. The highest BCUT2D eigenvalue weighted by molar-refractivity contribution is 7.99. The van der Waals surface area contributed by atoms with Gasteiger partial charge in [-0.25, -0.2) is 9.78 Å². The molecule has 2 aromatic heterocycles. The molecule has 4 rings (SSSR count). The number of hydrogen-bond donors (Lipinski definition) is 0. The van der Waals surface area contributed by atoms with E-state index >= 15 is 0 Å². The second kappa shape index (κ2) is 9.60. The highest BCUT2D eigenvalue weighted by atomic mass is 32.2. The maximum absolute atomic E-state index is 13.3. The third kappa shape index (κ3) is 4.72. The number of esters is 1. The number of ether oxygens (including phenoxy) is 1. The van der Waals surface area contributed by atoms with Crippen LogP contribution in [-0.2, 0) is 16.1 Å². The van der Waals surface area contributed by atoms with E-state index in [0.29, 0.717) is 33.3 Å². The lowest BCUT2D eigenvalue weighted by molar-refractivity contribution is -0.130. The molecule has 1 aliphatic heterocycles. The molecule has 1 unspecified atom stereocenters. The van der Waals surface area contributed by atoms with Crippen LogP contribution >= 0.6 is 11.8 Å². The van der Waals surface area contributed by atoms with E-state index in [1.54, 1.807) is 30.5 Å². The Bertz CT molecular complexity index is 1190. The number of carbonyl (C=O) groups is 2. The normalized spacial score (nSPS) is 16.3. The van der Waals surface area contributed by atoms with Crippen LogP contribution in [0.3, 0.4) is 0 Å². The van der Waals surface area contributed by atoms with Crippen molar-refractivity contribution >= 4 is 34.5 Å². The number of fused-ring (bicyclic) bond motifs is 1. The number of rotatable bonds is 6. The predicted molar refractivity (Wildman–Crippen MR) is 121 cm³/mol. The molecule has 3 heterocycles. The van der Waals surface area contributed by atoms with Crippen LogP contribution in [0.5, 0.6) is 0 Å². The zero-order chi connectivity index (χ0) is 22.7. The van der Waals surface area contributed by atoms with Gasteiger partial charge in [0.2, 0.25) is 5.91 Å². The third-order valence-electron chi connectivity index (χ3n) is 5.57. The first kappa shape index (κ1) is 22.1. The summed E-state index contributed by atoms with van der Waals surface area (Å²) in [4.78, 5) is 44.5. The van der Waals surface area contributed by atoms with E-state index in [1.165, 1.54) is 29.5 Å². The molecule has 1 saturated heterocycles. The molecule has 0 bridgehead atoms. The largest absolute Gasteiger partial charge is 0.467 e. The number of furan rings is 1. The summed E-state index contributed by atoms with van der Waals surface area (Å²) in [6.45, 7) is 3.87. The summed E-state index contributed by atoms with van der Waals surface area (Å²) in [5, 5.41) is 0.782. The van der Waals surface area contributed by atoms with Crippen molar-refractivity contribution in [3.63, 3.8) is 0 Å². The van der Waals surface area contributed by atoms with Crippen LogP contribution in [0.2, 0.25) is 0 Å². The van der Waals surface area contributed by atoms with Crippen molar-refractivity contribution in [2.75, 3.05) is 26.0 Å². The fourth-order valence-electron chi connectivity index (χ4n) is 3.89. The molecule has 168 valence electrons. The van der Waals surface area contributed by atoms with Gasteiger partial charge in [0.15, 0.2) is 5.16 Å². The van der Waals surface area contributed by atoms with Crippen LogP contribution < -0.4 is 5.56 Å². The molecule has 1 aliphatic rings. The SMILES string of the molecule is COC(=O)c1ccc2c(=O)n(Cc3ccco3)c(SCC(=O)N3CCCC(C)C3)nc2c1. The maximum Gasteiger partial charge on any atom is 0.337 e. The molecule has 3 aromatic rings. The van der Waals surface area contributed by atoms with E-state index in [0.717, 1.165) is 25.9 Å². The fraction of sp³-hybridized carbons (Fsp3) is 0.391. The monoisotopic (exact) mass is 455 g/mol. The van der Waals surface area contributed by atoms with Gasteiger partial charge in [-0.2, -0.15) is 0 Å². The molecule has 1 amide bonds. The Hall–Kier alpha value is -3.07. The molecule has 8 nitrogen and oxygen atoms in total. The van der Waals surface area contributed by atoms with Gasteiger partial charge in [0.25, 0.3) is 5.56 Å². The number of carbonyl (C=O) groups excluding carboxylic acids is 2. The van der Waals surface area contributed by atoms with Gasteiger partial charge in [-0.1, -0.05) is 18.7 Å². The maximum atomic E-state index is 13.3. The number of aromatic nitrogens is 2. The van der Waals surface area contributed by atoms with E-state index in [-0.39, 0.29) is 23.8 Å². The second-order valence-electron chi connectivity index (χ2n) is 7.96. The average molecular weight is 456 g/mol. The van der Waals surface area contributed by atoms with Crippen LogP contribution in [-0.4, -0.2) is 52.3 Å². The number of methoxy groups -OCH3 is 1. The molecule has 9 heteroatoms. The van der Waals surface area contributed by atoms with Gasteiger partial charge in [-0.3, -0.25) is 14.2 Å². The van der Waals surface area contributed by atoms with Crippen molar-refractivity contribution in [1.29, 1.82) is 0 Å². The van der Waals surface area contributed by atoms with Gasteiger partial charge >= 0.3 is 5.97 Å². The Morgan fingerprint density at radius 1 is 1.31 bits per heavy atom. The van der Waals surface area contributed by atoms with Crippen LogP contribution in [0.4, 0.5) is 0 Å². The molecule has 0 N–H and O–H groups in total. The minimum absolute atomic E-state index is 0.0313. The summed E-state index contributed by atoms with van der Waals surface area (Å²) in [6.07, 6.45) is 3.69. The molecule has 1 fully saturated rings. The van der Waals surface area contributed by atoms with Gasteiger partial charge in [-0.15, -0.1) is 0 Å². The quantitative estimate of drug-likeness (QED) is 0.320. The van der Waals surface area contributed by atoms with E-state index < -0.39 is 5.97 Å².